The zero-order chi connectivity index (χ0) is 26.1. The maximum absolute atomic E-state index is 13.7. The third kappa shape index (κ3) is 5.05. The van der Waals surface area contributed by atoms with E-state index in [1.807, 2.05) is 23.9 Å². The van der Waals surface area contributed by atoms with Gasteiger partial charge in [0.25, 0.3) is 0 Å². The highest BCUT2D eigenvalue weighted by molar-refractivity contribution is 6.36. The second kappa shape index (κ2) is 10.1. The molecule has 5 aromatic rings. The van der Waals surface area contributed by atoms with Crippen molar-refractivity contribution in [3.8, 4) is 6.07 Å². The van der Waals surface area contributed by atoms with Crippen LogP contribution in [0.4, 0.5) is 25.8 Å². The van der Waals surface area contributed by atoms with Crippen LogP contribution in [0.1, 0.15) is 22.9 Å². The topological polar surface area (TPSA) is 78.6 Å². The average Bonchev–Trinajstić information content (AvgIpc) is 3.31. The number of aryl methyl sites for hydroxylation is 1. The number of rotatable bonds is 6. The first-order chi connectivity index (χ1) is 17.8. The predicted molar refractivity (Wildman–Crippen MR) is 141 cm³/mol. The van der Waals surface area contributed by atoms with E-state index < -0.39 is 11.9 Å². The smallest absolute Gasteiger partial charge is 0.141 e. The van der Waals surface area contributed by atoms with Gasteiger partial charge in [-0.25, -0.2) is 13.8 Å². The lowest BCUT2D eigenvalue weighted by molar-refractivity contribution is 0.626. The molecule has 0 bridgehead atoms. The van der Waals surface area contributed by atoms with E-state index in [2.05, 4.69) is 26.7 Å². The zero-order valence-electron chi connectivity index (χ0n) is 19.3. The molecule has 6 nitrogen and oxygen atoms in total. The van der Waals surface area contributed by atoms with Crippen LogP contribution in [0, 0.1) is 23.0 Å². The molecular formula is C27H18Cl2F2N6. The molecule has 184 valence electrons. The number of pyridine rings is 1. The number of nitrogens with one attached hydrogen (secondary N) is 2. The van der Waals surface area contributed by atoms with Crippen LogP contribution >= 0.6 is 23.2 Å². The van der Waals surface area contributed by atoms with Gasteiger partial charge in [-0.3, -0.25) is 4.98 Å². The van der Waals surface area contributed by atoms with Crippen molar-refractivity contribution in [2.45, 2.75) is 6.04 Å². The van der Waals surface area contributed by atoms with E-state index >= 15 is 0 Å². The van der Waals surface area contributed by atoms with Crippen molar-refractivity contribution in [2.24, 2.45) is 7.05 Å². The van der Waals surface area contributed by atoms with Gasteiger partial charge in [0.2, 0.25) is 0 Å². The number of benzene rings is 3. The molecule has 5 rings (SSSR count). The molecule has 2 aromatic heterocycles. The van der Waals surface area contributed by atoms with Gasteiger partial charge in [-0.05, 0) is 48.0 Å². The Kier molecular flexibility index (Phi) is 6.66. The van der Waals surface area contributed by atoms with Crippen molar-refractivity contribution < 1.29 is 8.78 Å². The molecule has 2 N–H and O–H groups in total. The lowest BCUT2D eigenvalue weighted by Gasteiger charge is -2.20. The molecule has 37 heavy (non-hydrogen) atoms. The third-order valence-electron chi connectivity index (χ3n) is 5.77. The van der Waals surface area contributed by atoms with Crippen molar-refractivity contribution >= 4 is 51.2 Å². The highest BCUT2D eigenvalue weighted by Crippen LogP contribution is 2.37. The van der Waals surface area contributed by atoms with Gasteiger partial charge in [0.05, 0.1) is 44.9 Å². The minimum absolute atomic E-state index is 0.0558. The fourth-order valence-electron chi connectivity index (χ4n) is 4.01. The number of anilines is 3. The summed E-state index contributed by atoms with van der Waals surface area (Å²) in [7, 11) is 1.86. The number of hydrogen-bond acceptors (Lipinski definition) is 5. The highest BCUT2D eigenvalue weighted by atomic mass is 35.5. The summed E-state index contributed by atoms with van der Waals surface area (Å²) in [6, 6.07) is 15.6. The molecule has 0 amide bonds. The summed E-state index contributed by atoms with van der Waals surface area (Å²) in [5, 5.41) is 17.2. The largest absolute Gasteiger partial charge is 0.373 e. The first-order valence-corrected chi connectivity index (χ1v) is 11.8. The van der Waals surface area contributed by atoms with Gasteiger partial charge in [0, 0.05) is 36.2 Å². The maximum atomic E-state index is 13.7. The number of imidazole rings is 1. The van der Waals surface area contributed by atoms with Crippen LogP contribution in [0.2, 0.25) is 10.0 Å². The van der Waals surface area contributed by atoms with Gasteiger partial charge in [-0.2, -0.15) is 5.26 Å². The molecule has 0 saturated carbocycles. The normalized spacial score (nSPS) is 11.8. The monoisotopic (exact) mass is 534 g/mol. The first-order valence-electron chi connectivity index (χ1n) is 11.1. The Bertz CT molecular complexity index is 1660. The quantitative estimate of drug-likeness (QED) is 0.237. The van der Waals surface area contributed by atoms with E-state index in [0.717, 1.165) is 5.56 Å². The first kappa shape index (κ1) is 24.5. The van der Waals surface area contributed by atoms with E-state index in [0.29, 0.717) is 38.7 Å². The number of nitriles is 1. The number of nitrogens with zero attached hydrogens (tertiary/aromatic N) is 4. The molecule has 3 aromatic carbocycles. The number of hydrogen-bond donors (Lipinski definition) is 2. The Labute approximate surface area is 221 Å². The molecule has 10 heteroatoms. The summed E-state index contributed by atoms with van der Waals surface area (Å²) in [4.78, 5) is 8.84. The average molecular weight is 535 g/mol. The molecule has 0 aliphatic heterocycles. The van der Waals surface area contributed by atoms with Crippen LogP contribution in [0.25, 0.3) is 10.9 Å². The summed E-state index contributed by atoms with van der Waals surface area (Å²) in [6.07, 6.45) is 4.97. The van der Waals surface area contributed by atoms with Crippen LogP contribution in [-0.4, -0.2) is 14.5 Å². The second-order valence-corrected chi connectivity index (χ2v) is 9.17. The summed E-state index contributed by atoms with van der Waals surface area (Å²) in [5.74, 6) is -0.896. The van der Waals surface area contributed by atoms with Crippen LogP contribution in [0.15, 0.2) is 73.3 Å². The zero-order valence-corrected chi connectivity index (χ0v) is 20.8. The fraction of sp³-hybridized carbons (Fsp3) is 0.0741. The molecule has 0 saturated heterocycles. The molecule has 1 atom stereocenters. The van der Waals surface area contributed by atoms with E-state index in [-0.39, 0.29) is 16.4 Å². The molecular weight excluding hydrogens is 517 g/mol. The van der Waals surface area contributed by atoms with Crippen molar-refractivity contribution in [3.05, 3.63) is 112 Å². The Morgan fingerprint density at radius 2 is 1.73 bits per heavy atom. The van der Waals surface area contributed by atoms with E-state index in [1.54, 1.807) is 24.5 Å². The SMILES string of the molecule is Cn1cnc(C(Nc2cc(Cl)c3ncc(C#N)c(Nc4ccc(F)c(Cl)c4)c3c2)c2ccc(F)cc2)c1. The van der Waals surface area contributed by atoms with Crippen molar-refractivity contribution in [1.29, 1.82) is 5.26 Å². The summed E-state index contributed by atoms with van der Waals surface area (Å²) < 4.78 is 29.1. The Morgan fingerprint density at radius 1 is 0.973 bits per heavy atom. The molecule has 2 heterocycles. The minimum atomic E-state index is -0.553. The van der Waals surface area contributed by atoms with Crippen LogP contribution in [0.5, 0.6) is 0 Å². The van der Waals surface area contributed by atoms with Crippen molar-refractivity contribution in [2.75, 3.05) is 10.6 Å². The molecule has 0 aliphatic carbocycles. The second-order valence-electron chi connectivity index (χ2n) is 8.36. The molecule has 0 fully saturated rings. The minimum Gasteiger partial charge on any atom is -0.373 e. The van der Waals surface area contributed by atoms with Crippen LogP contribution in [-0.2, 0) is 7.05 Å². The van der Waals surface area contributed by atoms with Gasteiger partial charge in [-0.15, -0.1) is 0 Å². The number of aromatic nitrogens is 3. The van der Waals surface area contributed by atoms with Gasteiger partial charge in [0.15, 0.2) is 0 Å². The van der Waals surface area contributed by atoms with Gasteiger partial charge in [-0.1, -0.05) is 35.3 Å². The Morgan fingerprint density at radius 3 is 2.41 bits per heavy atom. The van der Waals surface area contributed by atoms with E-state index in [1.165, 1.54) is 36.5 Å². The number of fused-ring (bicyclic) bond motifs is 1. The lowest BCUT2D eigenvalue weighted by atomic mass is 10.0. The van der Waals surface area contributed by atoms with Gasteiger partial charge < -0.3 is 15.2 Å². The molecule has 0 spiro atoms. The summed E-state index contributed by atoms with van der Waals surface area (Å²) in [5.41, 5.74) is 3.79. The van der Waals surface area contributed by atoms with Gasteiger partial charge >= 0.3 is 0 Å². The van der Waals surface area contributed by atoms with Crippen LogP contribution in [0.3, 0.4) is 0 Å². The van der Waals surface area contributed by atoms with Crippen LogP contribution < -0.4 is 10.6 Å². The lowest BCUT2D eigenvalue weighted by Crippen LogP contribution is -2.13. The summed E-state index contributed by atoms with van der Waals surface area (Å²) in [6.45, 7) is 0. The van der Waals surface area contributed by atoms with Gasteiger partial charge in [0.1, 0.15) is 17.7 Å². The fourth-order valence-corrected chi connectivity index (χ4v) is 4.46. The third-order valence-corrected chi connectivity index (χ3v) is 6.35. The summed E-state index contributed by atoms with van der Waals surface area (Å²) >= 11 is 12.6. The van der Waals surface area contributed by atoms with E-state index in [4.69, 9.17) is 23.2 Å². The Balaban J connectivity index is 1.61. The molecule has 1 unspecified atom stereocenters. The molecule has 0 radical (unpaired) electrons. The Hall–Kier alpha value is -4.19. The number of halogens is 4. The van der Waals surface area contributed by atoms with E-state index in [9.17, 15) is 14.0 Å². The predicted octanol–water partition coefficient (Wildman–Crippen LogP) is 7.37. The standard InChI is InChI=1S/C27H18Cl2F2N6/c1-37-13-24(34-14-37)26(15-2-4-17(30)5-3-15)36-19-8-20-25(35-18-6-7-23(31)21(28)9-18)16(11-32)12-33-27(20)22(29)10-19/h2-10,12-14,26,36H,1H3,(H,33,35). The van der Waals surface area contributed by atoms with Crippen molar-refractivity contribution in [3.63, 3.8) is 0 Å². The van der Waals surface area contributed by atoms with Crippen molar-refractivity contribution in [1.82, 2.24) is 14.5 Å². The highest BCUT2D eigenvalue weighted by Gasteiger charge is 2.19. The molecule has 0 aliphatic rings. The maximum Gasteiger partial charge on any atom is 0.141 e.